The van der Waals surface area contributed by atoms with Crippen LogP contribution in [0.2, 0.25) is 0 Å². The second-order valence-corrected chi connectivity index (χ2v) is 4.42. The van der Waals surface area contributed by atoms with Gasteiger partial charge in [0, 0.05) is 5.57 Å². The minimum Gasteiger partial charge on any atom is -0.345 e. The first-order chi connectivity index (χ1) is 8.09. The lowest BCUT2D eigenvalue weighted by Crippen LogP contribution is -2.28. The van der Waals surface area contributed by atoms with E-state index in [1.165, 1.54) is 19.4 Å². The molecule has 90 valence electrons. The number of fused-ring (bicyclic) bond motifs is 1. The Morgan fingerprint density at radius 3 is 2.76 bits per heavy atom. The zero-order valence-corrected chi connectivity index (χ0v) is 10.1. The molecule has 0 saturated heterocycles. The summed E-state index contributed by atoms with van der Waals surface area (Å²) in [6.07, 6.45) is 1.86. The number of benzene rings is 1. The SMILES string of the molecule is CC(F)=C(C)C(=O)NC1CCc2ccccc21. The van der Waals surface area contributed by atoms with E-state index < -0.39 is 5.83 Å². The summed E-state index contributed by atoms with van der Waals surface area (Å²) in [4.78, 5) is 11.7. The minimum atomic E-state index is -0.422. The number of carbonyl (C=O) groups excluding carboxylic acids is 1. The van der Waals surface area contributed by atoms with E-state index in [4.69, 9.17) is 0 Å². The lowest BCUT2D eigenvalue weighted by Gasteiger charge is -2.14. The van der Waals surface area contributed by atoms with Crippen molar-refractivity contribution in [1.82, 2.24) is 5.32 Å². The molecule has 1 amide bonds. The maximum atomic E-state index is 12.9. The van der Waals surface area contributed by atoms with E-state index in [1.54, 1.807) is 0 Å². The normalized spacial score (nSPS) is 19.6. The third kappa shape index (κ3) is 2.38. The largest absolute Gasteiger partial charge is 0.345 e. The van der Waals surface area contributed by atoms with Crippen LogP contribution in [0.5, 0.6) is 0 Å². The highest BCUT2D eigenvalue weighted by Gasteiger charge is 2.23. The van der Waals surface area contributed by atoms with Gasteiger partial charge in [0.15, 0.2) is 0 Å². The van der Waals surface area contributed by atoms with Crippen LogP contribution < -0.4 is 5.32 Å². The van der Waals surface area contributed by atoms with Gasteiger partial charge in [0.05, 0.1) is 6.04 Å². The molecule has 0 saturated carbocycles. The van der Waals surface area contributed by atoms with Gasteiger partial charge in [-0.1, -0.05) is 24.3 Å². The van der Waals surface area contributed by atoms with Gasteiger partial charge in [0.25, 0.3) is 0 Å². The van der Waals surface area contributed by atoms with E-state index >= 15 is 0 Å². The van der Waals surface area contributed by atoms with Crippen molar-refractivity contribution in [2.24, 2.45) is 0 Å². The lowest BCUT2D eigenvalue weighted by atomic mass is 10.1. The van der Waals surface area contributed by atoms with Crippen LogP contribution in [-0.2, 0) is 11.2 Å². The average Bonchev–Trinajstić information content (AvgIpc) is 2.71. The maximum Gasteiger partial charge on any atom is 0.249 e. The molecule has 3 heteroatoms. The molecule has 0 heterocycles. The van der Waals surface area contributed by atoms with Crippen LogP contribution in [0.1, 0.15) is 37.4 Å². The highest BCUT2D eigenvalue weighted by molar-refractivity contribution is 5.93. The minimum absolute atomic E-state index is 0.0213. The molecule has 2 nitrogen and oxygen atoms in total. The number of hydrogen-bond donors (Lipinski definition) is 1. The molecular formula is C14H16FNO. The summed E-state index contributed by atoms with van der Waals surface area (Å²) in [6.45, 7) is 2.81. The number of aryl methyl sites for hydroxylation is 1. The number of halogens is 1. The fourth-order valence-corrected chi connectivity index (χ4v) is 2.13. The summed E-state index contributed by atoms with van der Waals surface area (Å²) < 4.78 is 12.9. The molecule has 0 fully saturated rings. The number of hydrogen-bond acceptors (Lipinski definition) is 1. The number of carbonyl (C=O) groups is 1. The molecule has 1 atom stereocenters. The second kappa shape index (κ2) is 4.70. The Bertz CT molecular complexity index is 475. The molecule has 0 spiro atoms. The Kier molecular flexibility index (Phi) is 3.27. The molecule has 1 aromatic carbocycles. The molecule has 1 N–H and O–H groups in total. The standard InChI is InChI=1S/C14H16FNO/c1-9(10(2)15)14(17)16-13-8-7-11-5-3-4-6-12(11)13/h3-6,13H,7-8H2,1-2H3,(H,16,17). The third-order valence-electron chi connectivity index (χ3n) is 3.30. The molecule has 17 heavy (non-hydrogen) atoms. The van der Waals surface area contributed by atoms with Crippen molar-refractivity contribution in [2.75, 3.05) is 0 Å². The predicted octanol–water partition coefficient (Wildman–Crippen LogP) is 3.05. The first-order valence-electron chi connectivity index (χ1n) is 5.81. The second-order valence-electron chi connectivity index (χ2n) is 4.42. The number of nitrogens with one attached hydrogen (secondary N) is 1. The van der Waals surface area contributed by atoms with Gasteiger partial charge in [-0.3, -0.25) is 4.79 Å². The summed E-state index contributed by atoms with van der Waals surface area (Å²) >= 11 is 0. The van der Waals surface area contributed by atoms with Crippen LogP contribution in [0, 0.1) is 0 Å². The lowest BCUT2D eigenvalue weighted by molar-refractivity contribution is -0.118. The summed E-state index contributed by atoms with van der Waals surface area (Å²) in [5.41, 5.74) is 2.59. The Morgan fingerprint density at radius 2 is 2.06 bits per heavy atom. The molecule has 1 unspecified atom stereocenters. The monoisotopic (exact) mass is 233 g/mol. The molecule has 1 aliphatic carbocycles. The average molecular weight is 233 g/mol. The van der Waals surface area contributed by atoms with Crippen LogP contribution in [0.3, 0.4) is 0 Å². The van der Waals surface area contributed by atoms with Crippen molar-refractivity contribution in [1.29, 1.82) is 0 Å². The van der Waals surface area contributed by atoms with Gasteiger partial charge in [-0.25, -0.2) is 4.39 Å². The molecule has 0 aromatic heterocycles. The summed E-state index contributed by atoms with van der Waals surface area (Å²) in [7, 11) is 0. The maximum absolute atomic E-state index is 12.9. The highest BCUT2D eigenvalue weighted by Crippen LogP contribution is 2.30. The van der Waals surface area contributed by atoms with E-state index in [2.05, 4.69) is 11.4 Å². The van der Waals surface area contributed by atoms with Crippen molar-refractivity contribution in [3.8, 4) is 0 Å². The molecule has 0 aliphatic heterocycles. The quantitative estimate of drug-likeness (QED) is 0.781. The van der Waals surface area contributed by atoms with Gasteiger partial charge in [-0.05, 0) is 37.8 Å². The fourth-order valence-electron chi connectivity index (χ4n) is 2.13. The topological polar surface area (TPSA) is 29.1 Å². The fraction of sp³-hybridized carbons (Fsp3) is 0.357. The zero-order valence-electron chi connectivity index (χ0n) is 10.1. The number of amides is 1. The van der Waals surface area contributed by atoms with E-state index in [0.717, 1.165) is 18.4 Å². The van der Waals surface area contributed by atoms with E-state index in [9.17, 15) is 9.18 Å². The molecule has 1 aliphatic rings. The van der Waals surface area contributed by atoms with Crippen molar-refractivity contribution < 1.29 is 9.18 Å². The summed E-state index contributed by atoms with van der Waals surface area (Å²) in [5, 5.41) is 2.88. The molecular weight excluding hydrogens is 217 g/mol. The molecule has 2 rings (SSSR count). The van der Waals surface area contributed by atoms with Crippen LogP contribution in [-0.4, -0.2) is 5.91 Å². The Morgan fingerprint density at radius 1 is 1.35 bits per heavy atom. The Labute approximate surface area is 101 Å². The van der Waals surface area contributed by atoms with Crippen molar-refractivity contribution in [3.05, 3.63) is 46.8 Å². The first-order valence-corrected chi connectivity index (χ1v) is 5.81. The molecule has 1 aromatic rings. The van der Waals surface area contributed by atoms with Gasteiger partial charge in [0.1, 0.15) is 5.83 Å². The highest BCUT2D eigenvalue weighted by atomic mass is 19.1. The van der Waals surface area contributed by atoms with Crippen molar-refractivity contribution in [2.45, 2.75) is 32.7 Å². The predicted molar refractivity (Wildman–Crippen MR) is 65.1 cm³/mol. The van der Waals surface area contributed by atoms with Gasteiger partial charge in [-0.2, -0.15) is 0 Å². The Hall–Kier alpha value is -1.64. The Balaban J connectivity index is 2.13. The molecule has 0 bridgehead atoms. The number of rotatable bonds is 2. The van der Waals surface area contributed by atoms with Crippen LogP contribution >= 0.6 is 0 Å². The van der Waals surface area contributed by atoms with Gasteiger partial charge < -0.3 is 5.32 Å². The van der Waals surface area contributed by atoms with Gasteiger partial charge in [0.2, 0.25) is 5.91 Å². The number of allylic oxidation sites excluding steroid dienone is 1. The van der Waals surface area contributed by atoms with Crippen molar-refractivity contribution >= 4 is 5.91 Å². The zero-order chi connectivity index (χ0) is 12.4. The van der Waals surface area contributed by atoms with Crippen LogP contribution in [0.4, 0.5) is 4.39 Å². The first kappa shape index (κ1) is 11.8. The van der Waals surface area contributed by atoms with Gasteiger partial charge in [-0.15, -0.1) is 0 Å². The van der Waals surface area contributed by atoms with Crippen LogP contribution in [0.25, 0.3) is 0 Å². The smallest absolute Gasteiger partial charge is 0.249 e. The van der Waals surface area contributed by atoms with E-state index in [0.29, 0.717) is 0 Å². The van der Waals surface area contributed by atoms with Crippen molar-refractivity contribution in [3.63, 3.8) is 0 Å². The summed E-state index contributed by atoms with van der Waals surface area (Å²) in [6, 6.07) is 8.08. The summed E-state index contributed by atoms with van der Waals surface area (Å²) in [5.74, 6) is -0.736. The third-order valence-corrected chi connectivity index (χ3v) is 3.30. The van der Waals surface area contributed by atoms with E-state index in [1.807, 2.05) is 18.2 Å². The van der Waals surface area contributed by atoms with E-state index in [-0.39, 0.29) is 17.5 Å². The van der Waals surface area contributed by atoms with Gasteiger partial charge >= 0.3 is 0 Å². The van der Waals surface area contributed by atoms with Crippen LogP contribution in [0.15, 0.2) is 35.7 Å². The molecule has 0 radical (unpaired) electrons.